The van der Waals surface area contributed by atoms with Gasteiger partial charge in [-0.3, -0.25) is 4.79 Å². The van der Waals surface area contributed by atoms with E-state index in [2.05, 4.69) is 17.2 Å². The first-order valence-electron chi connectivity index (χ1n) is 4.91. The van der Waals surface area contributed by atoms with E-state index in [0.29, 0.717) is 12.1 Å². The third kappa shape index (κ3) is 3.57. The molecule has 1 aromatic rings. The van der Waals surface area contributed by atoms with Crippen LogP contribution in [0.4, 0.5) is 0 Å². The van der Waals surface area contributed by atoms with Crippen LogP contribution in [0.1, 0.15) is 22.3 Å². The molecule has 0 saturated heterocycles. The molecule has 0 amide bonds. The molecule has 16 heavy (non-hydrogen) atoms. The first kappa shape index (κ1) is 12.0. The summed E-state index contributed by atoms with van der Waals surface area (Å²) in [6.07, 6.45) is -0.0786. The Morgan fingerprint density at radius 1 is 1.38 bits per heavy atom. The van der Waals surface area contributed by atoms with Crippen LogP contribution in [0.5, 0.6) is 0 Å². The Balaban J connectivity index is 2.73. The summed E-state index contributed by atoms with van der Waals surface area (Å²) in [5, 5.41) is 11.3. The topological polar surface area (TPSA) is 52.9 Å². The van der Waals surface area contributed by atoms with Gasteiger partial charge < -0.3 is 5.32 Å². The Hall–Kier alpha value is -2.10. The lowest BCUT2D eigenvalue weighted by molar-refractivity contribution is 0.0998. The number of nitriles is 1. The maximum absolute atomic E-state index is 11.3. The largest absolute Gasteiger partial charge is 0.309 e. The SMILES string of the molecule is CNCC#Cc1ccc(C(=O)CC#N)cc1. The first-order chi connectivity index (χ1) is 7.77. The number of Topliss-reactive ketones (excluding diaryl/α,β-unsaturated/α-hetero) is 1. The van der Waals surface area contributed by atoms with Gasteiger partial charge in [0.1, 0.15) is 0 Å². The van der Waals surface area contributed by atoms with Crippen LogP contribution in [0.25, 0.3) is 0 Å². The van der Waals surface area contributed by atoms with Crippen molar-refractivity contribution in [2.24, 2.45) is 0 Å². The maximum Gasteiger partial charge on any atom is 0.176 e. The Morgan fingerprint density at radius 3 is 2.62 bits per heavy atom. The third-order valence-electron chi connectivity index (χ3n) is 1.94. The van der Waals surface area contributed by atoms with Crippen LogP contribution in [0.15, 0.2) is 24.3 Å². The van der Waals surface area contributed by atoms with Crippen molar-refractivity contribution in [3.63, 3.8) is 0 Å². The van der Waals surface area contributed by atoms with E-state index in [4.69, 9.17) is 5.26 Å². The lowest BCUT2D eigenvalue weighted by Gasteiger charge is -1.96. The fourth-order valence-electron chi connectivity index (χ4n) is 1.15. The zero-order chi connectivity index (χ0) is 11.8. The van der Waals surface area contributed by atoms with Crippen molar-refractivity contribution in [1.29, 1.82) is 5.26 Å². The van der Waals surface area contributed by atoms with Gasteiger partial charge in [-0.15, -0.1) is 0 Å². The number of benzene rings is 1. The quantitative estimate of drug-likeness (QED) is 0.608. The molecule has 1 aromatic carbocycles. The van der Waals surface area contributed by atoms with Gasteiger partial charge in [-0.05, 0) is 19.2 Å². The first-order valence-corrected chi connectivity index (χ1v) is 4.91. The molecule has 1 rings (SSSR count). The number of rotatable bonds is 3. The van der Waals surface area contributed by atoms with Gasteiger partial charge in [-0.1, -0.05) is 24.0 Å². The highest BCUT2D eigenvalue weighted by atomic mass is 16.1. The summed E-state index contributed by atoms with van der Waals surface area (Å²) >= 11 is 0. The van der Waals surface area contributed by atoms with Crippen LogP contribution in [0, 0.1) is 23.2 Å². The van der Waals surface area contributed by atoms with Crippen molar-refractivity contribution in [2.75, 3.05) is 13.6 Å². The molecular formula is C13H12N2O. The molecule has 0 unspecified atom stereocenters. The monoisotopic (exact) mass is 212 g/mol. The molecule has 1 N–H and O–H groups in total. The Morgan fingerprint density at radius 2 is 2.06 bits per heavy atom. The molecule has 0 fully saturated rings. The number of carbonyl (C=O) groups excluding carboxylic acids is 1. The third-order valence-corrected chi connectivity index (χ3v) is 1.94. The van der Waals surface area contributed by atoms with Gasteiger partial charge in [0.2, 0.25) is 0 Å². The van der Waals surface area contributed by atoms with Gasteiger partial charge in [-0.2, -0.15) is 5.26 Å². The summed E-state index contributed by atoms with van der Waals surface area (Å²) in [5.41, 5.74) is 1.42. The van der Waals surface area contributed by atoms with Crippen LogP contribution in [-0.2, 0) is 0 Å². The number of nitrogens with zero attached hydrogens (tertiary/aromatic N) is 1. The second-order valence-electron chi connectivity index (χ2n) is 3.17. The summed E-state index contributed by atoms with van der Waals surface area (Å²) in [4.78, 5) is 11.3. The van der Waals surface area contributed by atoms with E-state index in [9.17, 15) is 4.79 Å². The number of hydrogen-bond acceptors (Lipinski definition) is 3. The number of ketones is 1. The Bertz CT molecular complexity index is 457. The number of carbonyl (C=O) groups is 1. The van der Waals surface area contributed by atoms with Crippen molar-refractivity contribution in [1.82, 2.24) is 5.32 Å². The summed E-state index contributed by atoms with van der Waals surface area (Å²) in [5.74, 6) is 5.73. The zero-order valence-electron chi connectivity index (χ0n) is 9.08. The van der Waals surface area contributed by atoms with Crippen molar-refractivity contribution in [2.45, 2.75) is 6.42 Å². The molecule has 0 aliphatic carbocycles. The Kier molecular flexibility index (Phi) is 4.79. The van der Waals surface area contributed by atoms with Crippen LogP contribution >= 0.6 is 0 Å². The Labute approximate surface area is 95.1 Å². The fraction of sp³-hybridized carbons (Fsp3) is 0.231. The smallest absolute Gasteiger partial charge is 0.176 e. The van der Waals surface area contributed by atoms with E-state index in [0.717, 1.165) is 5.56 Å². The van der Waals surface area contributed by atoms with E-state index >= 15 is 0 Å². The summed E-state index contributed by atoms with van der Waals surface area (Å²) in [6.45, 7) is 0.634. The molecule has 3 heteroatoms. The molecule has 0 heterocycles. The summed E-state index contributed by atoms with van der Waals surface area (Å²) in [6, 6.07) is 8.80. The van der Waals surface area contributed by atoms with E-state index < -0.39 is 0 Å². The van der Waals surface area contributed by atoms with Gasteiger partial charge in [0.25, 0.3) is 0 Å². The molecule has 0 atom stereocenters. The molecule has 0 spiro atoms. The summed E-state index contributed by atoms with van der Waals surface area (Å²) < 4.78 is 0. The predicted octanol–water partition coefficient (Wildman–Crippen LogP) is 1.35. The molecule has 0 saturated carbocycles. The second kappa shape index (κ2) is 6.40. The van der Waals surface area contributed by atoms with Crippen molar-refractivity contribution in [3.8, 4) is 17.9 Å². The van der Waals surface area contributed by atoms with Gasteiger partial charge >= 0.3 is 0 Å². The highest BCUT2D eigenvalue weighted by Crippen LogP contribution is 2.05. The molecule has 0 aliphatic rings. The molecule has 0 radical (unpaired) electrons. The van der Waals surface area contributed by atoms with Crippen molar-refractivity contribution < 1.29 is 4.79 Å². The molecular weight excluding hydrogens is 200 g/mol. The van der Waals surface area contributed by atoms with E-state index in [-0.39, 0.29) is 12.2 Å². The van der Waals surface area contributed by atoms with Crippen LogP contribution < -0.4 is 5.32 Å². The predicted molar refractivity (Wildman–Crippen MR) is 61.8 cm³/mol. The van der Waals surface area contributed by atoms with Gasteiger partial charge in [0.05, 0.1) is 19.0 Å². The van der Waals surface area contributed by atoms with Gasteiger partial charge in [0.15, 0.2) is 5.78 Å². The maximum atomic E-state index is 11.3. The van der Waals surface area contributed by atoms with Crippen molar-refractivity contribution in [3.05, 3.63) is 35.4 Å². The average molecular weight is 212 g/mol. The van der Waals surface area contributed by atoms with Gasteiger partial charge in [-0.25, -0.2) is 0 Å². The van der Waals surface area contributed by atoms with Gasteiger partial charge in [0, 0.05) is 11.1 Å². The molecule has 3 nitrogen and oxygen atoms in total. The number of hydrogen-bond donors (Lipinski definition) is 1. The molecule has 0 aliphatic heterocycles. The zero-order valence-corrected chi connectivity index (χ0v) is 9.08. The highest BCUT2D eigenvalue weighted by Gasteiger charge is 2.03. The fourth-order valence-corrected chi connectivity index (χ4v) is 1.15. The lowest BCUT2D eigenvalue weighted by atomic mass is 10.1. The van der Waals surface area contributed by atoms with E-state index in [1.807, 2.05) is 13.1 Å². The minimum atomic E-state index is -0.155. The molecule has 80 valence electrons. The summed E-state index contributed by atoms with van der Waals surface area (Å²) in [7, 11) is 1.83. The van der Waals surface area contributed by atoms with Crippen LogP contribution in [-0.4, -0.2) is 19.4 Å². The minimum absolute atomic E-state index is 0.0786. The standard InChI is InChI=1S/C13H12N2O/c1-15-10-2-3-11-4-6-12(7-5-11)13(16)8-9-14/h4-7,15H,8,10H2,1H3. The average Bonchev–Trinajstić information content (AvgIpc) is 2.30. The lowest BCUT2D eigenvalue weighted by Crippen LogP contribution is -2.04. The minimum Gasteiger partial charge on any atom is -0.309 e. The molecule has 0 bridgehead atoms. The van der Waals surface area contributed by atoms with Crippen LogP contribution in [0.2, 0.25) is 0 Å². The van der Waals surface area contributed by atoms with Crippen LogP contribution in [0.3, 0.4) is 0 Å². The van der Waals surface area contributed by atoms with E-state index in [1.165, 1.54) is 0 Å². The molecule has 0 aromatic heterocycles. The number of nitrogens with one attached hydrogen (secondary N) is 1. The normalized spacial score (nSPS) is 8.75. The van der Waals surface area contributed by atoms with E-state index in [1.54, 1.807) is 24.3 Å². The second-order valence-corrected chi connectivity index (χ2v) is 3.17. The van der Waals surface area contributed by atoms with Crippen molar-refractivity contribution >= 4 is 5.78 Å². The highest BCUT2D eigenvalue weighted by molar-refractivity contribution is 5.97.